The number of aliphatic hydroxyl groups is 1. The molecule has 1 aromatic rings. The van der Waals surface area contributed by atoms with E-state index in [1.54, 1.807) is 21.3 Å². The molecule has 40 heavy (non-hydrogen) atoms. The van der Waals surface area contributed by atoms with E-state index in [-0.39, 0.29) is 29.5 Å². The summed E-state index contributed by atoms with van der Waals surface area (Å²) in [4.78, 5) is 0. The fourth-order valence-electron chi connectivity index (χ4n) is 9.50. The first-order valence-electron chi connectivity index (χ1n) is 15.3. The standard InChI is InChI=1S/C33H48O7/c1-7-38-32(20-35-4)16-13-26-24-12-15-31(34)19-33(36-5,37-6)17-14-27(31)28(24)25(18-30(26,32)3)22-8-10-23(11-9-22)29-39-21(2)40-29/h8-11,21,24-26,29,34H,7,12-20H2,1-6H3/t21?,24?,25?,26?,29?,30-,31?,32?/m0/s1. The zero-order valence-corrected chi connectivity index (χ0v) is 25.2. The van der Waals surface area contributed by atoms with Gasteiger partial charge in [0.15, 0.2) is 18.4 Å². The monoisotopic (exact) mass is 556 g/mol. The van der Waals surface area contributed by atoms with Crippen LogP contribution in [0.5, 0.6) is 0 Å². The van der Waals surface area contributed by atoms with Crippen LogP contribution in [0.25, 0.3) is 0 Å². The van der Waals surface area contributed by atoms with Crippen LogP contribution in [0.2, 0.25) is 0 Å². The van der Waals surface area contributed by atoms with E-state index in [1.807, 2.05) is 6.92 Å². The van der Waals surface area contributed by atoms with Crippen LogP contribution in [-0.4, -0.2) is 62.9 Å². The molecular formula is C33H48O7. The van der Waals surface area contributed by atoms with Crippen molar-refractivity contribution in [2.75, 3.05) is 34.5 Å². The van der Waals surface area contributed by atoms with Crippen LogP contribution in [-0.2, 0) is 28.4 Å². The highest BCUT2D eigenvalue weighted by molar-refractivity contribution is 5.44. The Balaban J connectivity index is 1.45. The Labute approximate surface area is 239 Å². The molecule has 0 spiro atoms. The predicted octanol–water partition coefficient (Wildman–Crippen LogP) is 6.01. The molecule has 0 radical (unpaired) electrons. The lowest BCUT2D eigenvalue weighted by Crippen LogP contribution is -2.57. The number of benzene rings is 1. The molecule has 4 aliphatic carbocycles. The molecular weight excluding hydrogens is 508 g/mol. The zero-order valence-electron chi connectivity index (χ0n) is 25.2. The first kappa shape index (κ1) is 28.8. The maximum Gasteiger partial charge on any atom is 0.189 e. The highest BCUT2D eigenvalue weighted by Gasteiger charge is 2.65. The molecule has 4 fully saturated rings. The molecule has 6 rings (SSSR count). The first-order chi connectivity index (χ1) is 19.2. The Kier molecular flexibility index (Phi) is 7.51. The molecule has 0 aromatic heterocycles. The number of ether oxygens (including phenoxy) is 6. The van der Waals surface area contributed by atoms with Gasteiger partial charge in [0.25, 0.3) is 0 Å². The SMILES string of the molecule is CCOC1(COC)CCC2C3CCC4(O)CC(OC)(OC)CCC4=C3C(c3ccc(C4OC(C)O4)cc3)C[C@@]21C. The Morgan fingerprint density at radius 3 is 2.30 bits per heavy atom. The van der Waals surface area contributed by atoms with Gasteiger partial charge < -0.3 is 33.5 Å². The van der Waals surface area contributed by atoms with E-state index >= 15 is 0 Å². The molecule has 5 aliphatic rings. The molecule has 1 saturated heterocycles. The largest absolute Gasteiger partial charge is 0.385 e. The molecule has 3 saturated carbocycles. The van der Waals surface area contributed by atoms with Gasteiger partial charge in [-0.1, -0.05) is 36.8 Å². The summed E-state index contributed by atoms with van der Waals surface area (Å²) in [6.07, 6.45) is 6.39. The number of hydrogen-bond donors (Lipinski definition) is 1. The Morgan fingerprint density at radius 2 is 1.68 bits per heavy atom. The van der Waals surface area contributed by atoms with Gasteiger partial charge in [0.1, 0.15) is 0 Å². The van der Waals surface area contributed by atoms with E-state index in [9.17, 15) is 5.11 Å². The van der Waals surface area contributed by atoms with Crippen molar-refractivity contribution in [1.29, 1.82) is 0 Å². The molecule has 1 heterocycles. The van der Waals surface area contributed by atoms with E-state index in [1.165, 1.54) is 16.7 Å². The van der Waals surface area contributed by atoms with Crippen molar-refractivity contribution in [3.8, 4) is 0 Å². The number of rotatable bonds is 8. The van der Waals surface area contributed by atoms with Gasteiger partial charge in [0.05, 0.1) is 17.8 Å². The lowest BCUT2D eigenvalue weighted by atomic mass is 9.49. The van der Waals surface area contributed by atoms with Gasteiger partial charge in [0, 0.05) is 57.7 Å². The van der Waals surface area contributed by atoms with Gasteiger partial charge in [-0.2, -0.15) is 0 Å². The molecule has 5 unspecified atom stereocenters. The van der Waals surface area contributed by atoms with Gasteiger partial charge >= 0.3 is 0 Å². The van der Waals surface area contributed by atoms with E-state index in [0.717, 1.165) is 50.5 Å². The van der Waals surface area contributed by atoms with Crippen LogP contribution in [0, 0.1) is 17.3 Å². The Hall–Kier alpha value is -1.32. The lowest BCUT2D eigenvalue weighted by molar-refractivity contribution is -0.382. The van der Waals surface area contributed by atoms with Crippen molar-refractivity contribution in [3.05, 3.63) is 46.5 Å². The second kappa shape index (κ2) is 10.4. The van der Waals surface area contributed by atoms with Crippen LogP contribution in [0.15, 0.2) is 35.4 Å². The second-order valence-corrected chi connectivity index (χ2v) is 13.1. The summed E-state index contributed by atoms with van der Waals surface area (Å²) in [6.45, 7) is 7.77. The summed E-state index contributed by atoms with van der Waals surface area (Å²) in [5.74, 6) is 0.361. The van der Waals surface area contributed by atoms with Crippen molar-refractivity contribution in [2.24, 2.45) is 17.3 Å². The smallest absolute Gasteiger partial charge is 0.189 e. The van der Waals surface area contributed by atoms with Crippen LogP contribution >= 0.6 is 0 Å². The number of fused-ring (bicyclic) bond motifs is 4. The second-order valence-electron chi connectivity index (χ2n) is 13.1. The molecule has 6 atom stereocenters. The summed E-state index contributed by atoms with van der Waals surface area (Å²) in [5.41, 5.74) is 3.79. The van der Waals surface area contributed by atoms with Crippen molar-refractivity contribution in [3.63, 3.8) is 0 Å². The Morgan fingerprint density at radius 1 is 0.975 bits per heavy atom. The molecule has 0 bridgehead atoms. The topological polar surface area (TPSA) is 75.6 Å². The van der Waals surface area contributed by atoms with Crippen molar-refractivity contribution >= 4 is 0 Å². The minimum Gasteiger partial charge on any atom is -0.385 e. The number of allylic oxidation sites excluding steroid dienone is 1. The maximum absolute atomic E-state index is 12.3. The number of hydrogen-bond acceptors (Lipinski definition) is 7. The molecule has 1 aliphatic heterocycles. The van der Waals surface area contributed by atoms with Gasteiger partial charge in [-0.25, -0.2) is 0 Å². The van der Waals surface area contributed by atoms with Crippen LogP contribution in [0.3, 0.4) is 0 Å². The molecule has 7 nitrogen and oxygen atoms in total. The van der Waals surface area contributed by atoms with Crippen molar-refractivity contribution in [2.45, 2.75) is 108 Å². The highest BCUT2D eigenvalue weighted by atomic mass is 16.9. The third-order valence-electron chi connectivity index (χ3n) is 11.5. The molecule has 1 N–H and O–H groups in total. The van der Waals surface area contributed by atoms with Crippen LogP contribution < -0.4 is 0 Å². The predicted molar refractivity (Wildman–Crippen MR) is 151 cm³/mol. The molecule has 7 heteroatoms. The quantitative estimate of drug-likeness (QED) is 0.310. The van der Waals surface area contributed by atoms with Crippen molar-refractivity contribution < 1.29 is 33.5 Å². The van der Waals surface area contributed by atoms with E-state index in [0.29, 0.717) is 31.5 Å². The van der Waals surface area contributed by atoms with Gasteiger partial charge in [-0.05, 0) is 75.3 Å². The summed E-state index contributed by atoms with van der Waals surface area (Å²) < 4.78 is 35.8. The molecule has 0 amide bonds. The summed E-state index contributed by atoms with van der Waals surface area (Å²) in [5, 5.41) is 12.3. The maximum atomic E-state index is 12.3. The minimum atomic E-state index is -0.909. The minimum absolute atomic E-state index is 0.0420. The molecule has 222 valence electrons. The van der Waals surface area contributed by atoms with Crippen LogP contribution in [0.4, 0.5) is 0 Å². The normalized spacial score (nSPS) is 42.1. The molecule has 1 aromatic carbocycles. The van der Waals surface area contributed by atoms with E-state index < -0.39 is 11.4 Å². The van der Waals surface area contributed by atoms with Crippen molar-refractivity contribution in [1.82, 2.24) is 0 Å². The number of methoxy groups -OCH3 is 3. The van der Waals surface area contributed by atoms with E-state index in [4.69, 9.17) is 28.4 Å². The average molecular weight is 557 g/mol. The van der Waals surface area contributed by atoms with E-state index in [2.05, 4.69) is 38.1 Å². The summed E-state index contributed by atoms with van der Waals surface area (Å²) in [6, 6.07) is 8.80. The third-order valence-corrected chi connectivity index (χ3v) is 11.5. The fraction of sp³-hybridized carbons (Fsp3) is 0.758. The van der Waals surface area contributed by atoms with Crippen LogP contribution in [0.1, 0.15) is 95.5 Å². The lowest BCUT2D eigenvalue weighted by Gasteiger charge is -2.58. The first-order valence-corrected chi connectivity index (χ1v) is 15.3. The summed E-state index contributed by atoms with van der Waals surface area (Å²) in [7, 11) is 5.20. The average Bonchev–Trinajstić information content (AvgIpc) is 3.22. The van der Waals surface area contributed by atoms with Gasteiger partial charge in [0.2, 0.25) is 0 Å². The summed E-state index contributed by atoms with van der Waals surface area (Å²) >= 11 is 0. The Bertz CT molecular complexity index is 1100. The fourth-order valence-corrected chi connectivity index (χ4v) is 9.50. The highest BCUT2D eigenvalue weighted by Crippen LogP contribution is 2.68. The third kappa shape index (κ3) is 4.26. The zero-order chi connectivity index (χ0) is 28.3. The van der Waals surface area contributed by atoms with Gasteiger partial charge in [-0.15, -0.1) is 0 Å². The van der Waals surface area contributed by atoms with Gasteiger partial charge in [-0.3, -0.25) is 0 Å².